The molecule has 0 amide bonds. The fraction of sp³-hybridized carbons (Fsp3) is 1.00. The number of hydrogen-bond acceptors (Lipinski definition) is 4. The normalized spacial score (nSPS) is 44.8. The van der Waals surface area contributed by atoms with Gasteiger partial charge < -0.3 is 19.7 Å². The molecule has 0 spiro atoms. The molecule has 0 saturated carbocycles. The van der Waals surface area contributed by atoms with Crippen LogP contribution in [0.5, 0.6) is 0 Å². The molecule has 1 aliphatic heterocycles. The summed E-state index contributed by atoms with van der Waals surface area (Å²) < 4.78 is 10.2. The van der Waals surface area contributed by atoms with Crippen molar-refractivity contribution >= 4 is 0 Å². The Morgan fingerprint density at radius 1 is 1.50 bits per heavy atom. The summed E-state index contributed by atoms with van der Waals surface area (Å²) in [5, 5.41) is 18.9. The summed E-state index contributed by atoms with van der Waals surface area (Å²) in [6, 6.07) is 0. The van der Waals surface area contributed by atoms with Crippen LogP contribution in [0.4, 0.5) is 0 Å². The van der Waals surface area contributed by atoms with Gasteiger partial charge in [-0.2, -0.15) is 0 Å². The van der Waals surface area contributed by atoms with Gasteiger partial charge in [0, 0.05) is 7.11 Å². The largest absolute Gasteiger partial charge is 0.393 e. The molecule has 0 aliphatic carbocycles. The first-order valence-corrected chi connectivity index (χ1v) is 4.12. The Hall–Kier alpha value is -0.160. The zero-order valence-electron chi connectivity index (χ0n) is 7.60. The van der Waals surface area contributed by atoms with Gasteiger partial charge in [0.1, 0.15) is 0 Å². The SMILES string of the molecule is COC1OC(C)C(O)C1C(C)O. The molecule has 5 atom stereocenters. The maximum atomic E-state index is 9.56. The van der Waals surface area contributed by atoms with E-state index in [4.69, 9.17) is 9.47 Å². The van der Waals surface area contributed by atoms with Crippen molar-refractivity contribution in [3.63, 3.8) is 0 Å². The average Bonchev–Trinajstić information content (AvgIpc) is 2.28. The van der Waals surface area contributed by atoms with Gasteiger partial charge in [-0.05, 0) is 13.8 Å². The number of ether oxygens (including phenoxy) is 2. The molecule has 0 aromatic rings. The molecule has 72 valence electrons. The molecule has 0 aromatic carbocycles. The standard InChI is InChI=1S/C8H16O4/c1-4(9)6-7(10)5(2)12-8(6)11-3/h4-10H,1-3H3. The molecule has 0 bridgehead atoms. The second kappa shape index (κ2) is 3.70. The highest BCUT2D eigenvalue weighted by molar-refractivity contribution is 4.87. The summed E-state index contributed by atoms with van der Waals surface area (Å²) in [5.41, 5.74) is 0. The minimum atomic E-state index is -0.644. The zero-order valence-corrected chi connectivity index (χ0v) is 7.60. The van der Waals surface area contributed by atoms with E-state index in [1.54, 1.807) is 13.8 Å². The lowest BCUT2D eigenvalue weighted by atomic mass is 9.96. The Morgan fingerprint density at radius 2 is 2.08 bits per heavy atom. The zero-order chi connectivity index (χ0) is 9.30. The highest BCUT2D eigenvalue weighted by Crippen LogP contribution is 2.29. The van der Waals surface area contributed by atoms with Gasteiger partial charge in [-0.25, -0.2) is 0 Å². The van der Waals surface area contributed by atoms with Crippen molar-refractivity contribution in [1.82, 2.24) is 0 Å². The van der Waals surface area contributed by atoms with E-state index in [0.717, 1.165) is 0 Å². The molecule has 0 aromatic heterocycles. The van der Waals surface area contributed by atoms with E-state index >= 15 is 0 Å². The highest BCUT2D eigenvalue weighted by atomic mass is 16.7. The van der Waals surface area contributed by atoms with Crippen molar-refractivity contribution in [2.45, 2.75) is 38.4 Å². The van der Waals surface area contributed by atoms with Crippen LogP contribution in [0.25, 0.3) is 0 Å². The van der Waals surface area contributed by atoms with Crippen molar-refractivity contribution in [3.05, 3.63) is 0 Å². The summed E-state index contributed by atoms with van der Waals surface area (Å²) in [6.07, 6.45) is -2.02. The van der Waals surface area contributed by atoms with Crippen LogP contribution in [-0.2, 0) is 9.47 Å². The fourth-order valence-corrected chi connectivity index (χ4v) is 1.58. The van der Waals surface area contributed by atoms with Crippen LogP contribution in [0.15, 0.2) is 0 Å². The van der Waals surface area contributed by atoms with E-state index in [2.05, 4.69) is 0 Å². The van der Waals surface area contributed by atoms with Gasteiger partial charge in [0.2, 0.25) is 0 Å². The van der Waals surface area contributed by atoms with Crippen LogP contribution in [0.1, 0.15) is 13.8 Å². The topological polar surface area (TPSA) is 58.9 Å². The van der Waals surface area contributed by atoms with Crippen LogP contribution in [0.3, 0.4) is 0 Å². The molecule has 12 heavy (non-hydrogen) atoms. The van der Waals surface area contributed by atoms with Crippen LogP contribution >= 0.6 is 0 Å². The first-order valence-electron chi connectivity index (χ1n) is 4.12. The summed E-state index contributed by atoms with van der Waals surface area (Å²) in [6.45, 7) is 3.39. The van der Waals surface area contributed by atoms with E-state index in [1.807, 2.05) is 0 Å². The van der Waals surface area contributed by atoms with Crippen molar-refractivity contribution in [2.75, 3.05) is 7.11 Å². The van der Waals surface area contributed by atoms with Crippen molar-refractivity contribution in [1.29, 1.82) is 0 Å². The van der Waals surface area contributed by atoms with E-state index < -0.39 is 18.5 Å². The molecular formula is C8H16O4. The Labute approximate surface area is 72.1 Å². The van der Waals surface area contributed by atoms with E-state index in [1.165, 1.54) is 7.11 Å². The first-order chi connectivity index (χ1) is 5.57. The lowest BCUT2D eigenvalue weighted by molar-refractivity contribution is -0.142. The predicted molar refractivity (Wildman–Crippen MR) is 42.5 cm³/mol. The van der Waals surface area contributed by atoms with Crippen LogP contribution in [0.2, 0.25) is 0 Å². The Kier molecular flexibility index (Phi) is 3.06. The van der Waals surface area contributed by atoms with Gasteiger partial charge >= 0.3 is 0 Å². The Balaban J connectivity index is 2.66. The van der Waals surface area contributed by atoms with Crippen molar-refractivity contribution in [2.24, 2.45) is 5.92 Å². The molecule has 4 heteroatoms. The van der Waals surface area contributed by atoms with Crippen molar-refractivity contribution in [3.8, 4) is 0 Å². The average molecular weight is 176 g/mol. The van der Waals surface area contributed by atoms with E-state index in [0.29, 0.717) is 0 Å². The molecule has 4 nitrogen and oxygen atoms in total. The van der Waals surface area contributed by atoms with Gasteiger partial charge in [0.25, 0.3) is 0 Å². The smallest absolute Gasteiger partial charge is 0.165 e. The summed E-state index contributed by atoms with van der Waals surface area (Å²) in [7, 11) is 1.50. The van der Waals surface area contributed by atoms with Gasteiger partial charge in [0.15, 0.2) is 6.29 Å². The maximum absolute atomic E-state index is 9.56. The molecule has 1 heterocycles. The minimum Gasteiger partial charge on any atom is -0.393 e. The Bertz CT molecular complexity index is 148. The third-order valence-electron chi connectivity index (χ3n) is 2.33. The summed E-state index contributed by atoms with van der Waals surface area (Å²) in [4.78, 5) is 0. The van der Waals surface area contributed by atoms with Crippen LogP contribution < -0.4 is 0 Å². The summed E-state index contributed by atoms with van der Waals surface area (Å²) in [5.74, 6) is -0.343. The predicted octanol–water partition coefficient (Wildman–Crippen LogP) is -0.264. The molecule has 1 fully saturated rings. The highest BCUT2D eigenvalue weighted by Gasteiger charge is 2.44. The molecule has 1 saturated heterocycles. The van der Waals surface area contributed by atoms with Gasteiger partial charge in [-0.3, -0.25) is 0 Å². The van der Waals surface area contributed by atoms with Gasteiger partial charge in [-0.1, -0.05) is 0 Å². The van der Waals surface area contributed by atoms with Crippen molar-refractivity contribution < 1.29 is 19.7 Å². The summed E-state index contributed by atoms with van der Waals surface area (Å²) >= 11 is 0. The molecule has 5 unspecified atom stereocenters. The molecular weight excluding hydrogens is 160 g/mol. The third kappa shape index (κ3) is 1.61. The molecule has 1 rings (SSSR count). The van der Waals surface area contributed by atoms with Gasteiger partial charge in [-0.15, -0.1) is 0 Å². The Morgan fingerprint density at radius 3 is 2.42 bits per heavy atom. The third-order valence-corrected chi connectivity index (χ3v) is 2.33. The number of rotatable bonds is 2. The van der Waals surface area contributed by atoms with Crippen LogP contribution in [0, 0.1) is 5.92 Å². The second-order valence-corrected chi connectivity index (χ2v) is 3.25. The van der Waals surface area contributed by atoms with Crippen LogP contribution in [-0.4, -0.2) is 41.9 Å². The number of hydrogen-bond donors (Lipinski definition) is 2. The molecule has 1 aliphatic rings. The fourth-order valence-electron chi connectivity index (χ4n) is 1.58. The van der Waals surface area contributed by atoms with E-state index in [9.17, 15) is 10.2 Å². The number of aliphatic hydroxyl groups is 2. The first kappa shape index (κ1) is 9.92. The number of methoxy groups -OCH3 is 1. The second-order valence-electron chi connectivity index (χ2n) is 3.25. The van der Waals surface area contributed by atoms with E-state index in [-0.39, 0.29) is 12.0 Å². The molecule has 2 N–H and O–H groups in total. The number of aliphatic hydroxyl groups excluding tert-OH is 2. The minimum absolute atomic E-state index is 0.269. The molecule has 0 radical (unpaired) electrons. The van der Waals surface area contributed by atoms with Gasteiger partial charge in [0.05, 0.1) is 24.2 Å². The lowest BCUT2D eigenvalue weighted by Crippen LogP contribution is -2.35. The monoisotopic (exact) mass is 176 g/mol. The maximum Gasteiger partial charge on any atom is 0.165 e. The lowest BCUT2D eigenvalue weighted by Gasteiger charge is -2.21. The quantitative estimate of drug-likeness (QED) is 0.608.